The quantitative estimate of drug-likeness (QED) is 0.824. The lowest BCUT2D eigenvalue weighted by atomic mass is 10.3. The first-order valence-electron chi connectivity index (χ1n) is 5.65. The van der Waals surface area contributed by atoms with E-state index in [1.165, 1.54) is 12.8 Å². The van der Waals surface area contributed by atoms with Gasteiger partial charge in [0.15, 0.2) is 0 Å². The zero-order valence-electron chi connectivity index (χ0n) is 9.39. The molecule has 1 aromatic heterocycles. The molecule has 1 heterocycles. The third kappa shape index (κ3) is 2.51. The molecular weight excluding hydrogens is 204 g/mol. The highest BCUT2D eigenvalue weighted by Crippen LogP contribution is 2.31. The summed E-state index contributed by atoms with van der Waals surface area (Å²) in [6, 6.07) is 3.40. The van der Waals surface area contributed by atoms with Gasteiger partial charge in [0, 0.05) is 13.1 Å². The first-order chi connectivity index (χ1) is 7.70. The highest BCUT2D eigenvalue weighted by Gasteiger charge is 2.24. The number of nitrogens with zero attached hydrogens (tertiary/aromatic N) is 2. The van der Waals surface area contributed by atoms with Gasteiger partial charge in [0.05, 0.1) is 11.9 Å². The predicted molar refractivity (Wildman–Crippen MR) is 61.8 cm³/mol. The van der Waals surface area contributed by atoms with Crippen LogP contribution in [0.5, 0.6) is 0 Å². The van der Waals surface area contributed by atoms with Gasteiger partial charge in [0.2, 0.25) is 0 Å². The van der Waals surface area contributed by atoms with Crippen LogP contribution < -0.4 is 4.90 Å². The van der Waals surface area contributed by atoms with Crippen molar-refractivity contribution in [2.45, 2.75) is 19.8 Å². The smallest absolute Gasteiger partial charge is 0.354 e. The summed E-state index contributed by atoms with van der Waals surface area (Å²) in [4.78, 5) is 16.8. The van der Waals surface area contributed by atoms with Crippen LogP contribution in [-0.2, 0) is 0 Å². The average molecular weight is 220 g/mol. The molecule has 1 aromatic rings. The van der Waals surface area contributed by atoms with E-state index in [0.29, 0.717) is 0 Å². The number of rotatable bonds is 5. The number of aromatic nitrogens is 1. The van der Waals surface area contributed by atoms with Crippen LogP contribution in [0.25, 0.3) is 0 Å². The summed E-state index contributed by atoms with van der Waals surface area (Å²) in [5, 5.41) is 8.75. The van der Waals surface area contributed by atoms with Gasteiger partial charge in [-0.1, -0.05) is 0 Å². The van der Waals surface area contributed by atoms with Crippen LogP contribution in [0.4, 0.5) is 5.69 Å². The Morgan fingerprint density at radius 3 is 2.75 bits per heavy atom. The molecule has 4 heteroatoms. The number of carboxylic acids is 1. The molecule has 1 aliphatic carbocycles. The van der Waals surface area contributed by atoms with Crippen molar-refractivity contribution in [1.29, 1.82) is 0 Å². The third-order valence-corrected chi connectivity index (χ3v) is 2.89. The Labute approximate surface area is 94.9 Å². The molecule has 16 heavy (non-hydrogen) atoms. The fourth-order valence-electron chi connectivity index (χ4n) is 1.73. The Kier molecular flexibility index (Phi) is 3.08. The summed E-state index contributed by atoms with van der Waals surface area (Å²) in [6.45, 7) is 4.10. The molecule has 0 unspecified atom stereocenters. The summed E-state index contributed by atoms with van der Waals surface area (Å²) < 4.78 is 0. The summed E-state index contributed by atoms with van der Waals surface area (Å²) in [7, 11) is 0. The number of anilines is 1. The molecule has 0 aliphatic heterocycles. The van der Waals surface area contributed by atoms with E-state index in [2.05, 4.69) is 16.8 Å². The zero-order chi connectivity index (χ0) is 11.5. The fourth-order valence-corrected chi connectivity index (χ4v) is 1.73. The van der Waals surface area contributed by atoms with Gasteiger partial charge in [-0.25, -0.2) is 9.78 Å². The van der Waals surface area contributed by atoms with E-state index in [9.17, 15) is 4.79 Å². The summed E-state index contributed by atoms with van der Waals surface area (Å²) >= 11 is 0. The fraction of sp³-hybridized carbons (Fsp3) is 0.500. The number of aromatic carboxylic acids is 1. The molecular formula is C12H16N2O2. The van der Waals surface area contributed by atoms with Gasteiger partial charge in [0.1, 0.15) is 5.69 Å². The van der Waals surface area contributed by atoms with Crippen LogP contribution in [0, 0.1) is 5.92 Å². The van der Waals surface area contributed by atoms with Crippen LogP contribution in [0.2, 0.25) is 0 Å². The SMILES string of the molecule is CCN(CC1CC1)c1ccc(C(=O)O)nc1. The molecule has 0 radical (unpaired) electrons. The third-order valence-electron chi connectivity index (χ3n) is 2.89. The molecule has 1 saturated carbocycles. The standard InChI is InChI=1S/C12H16N2O2/c1-2-14(8-9-3-4-9)10-5-6-11(12(15)16)13-7-10/h5-7,9H,2-4,8H2,1H3,(H,15,16). The molecule has 0 aromatic carbocycles. The largest absolute Gasteiger partial charge is 0.477 e. The number of carboxylic acid groups (broad SMARTS) is 1. The Morgan fingerprint density at radius 2 is 2.31 bits per heavy atom. The molecule has 0 atom stereocenters. The molecule has 1 N–H and O–H groups in total. The Balaban J connectivity index is 2.08. The molecule has 86 valence electrons. The van der Waals surface area contributed by atoms with Crippen LogP contribution >= 0.6 is 0 Å². The van der Waals surface area contributed by atoms with Gasteiger partial charge in [0.25, 0.3) is 0 Å². The molecule has 2 rings (SSSR count). The monoisotopic (exact) mass is 220 g/mol. The number of hydrogen-bond donors (Lipinski definition) is 1. The normalized spacial score (nSPS) is 14.8. The Bertz CT molecular complexity index is 371. The predicted octanol–water partition coefficient (Wildman–Crippen LogP) is 2.02. The second-order valence-corrected chi connectivity index (χ2v) is 4.19. The maximum atomic E-state index is 10.7. The van der Waals surface area contributed by atoms with Crippen molar-refractivity contribution in [1.82, 2.24) is 4.98 Å². The number of carbonyl (C=O) groups is 1. The Hall–Kier alpha value is -1.58. The second kappa shape index (κ2) is 4.51. The van der Waals surface area contributed by atoms with E-state index in [1.54, 1.807) is 12.3 Å². The van der Waals surface area contributed by atoms with Crippen molar-refractivity contribution >= 4 is 11.7 Å². The maximum Gasteiger partial charge on any atom is 0.354 e. The van der Waals surface area contributed by atoms with E-state index in [0.717, 1.165) is 24.7 Å². The van der Waals surface area contributed by atoms with Crippen molar-refractivity contribution in [2.75, 3.05) is 18.0 Å². The highest BCUT2D eigenvalue weighted by atomic mass is 16.4. The molecule has 0 saturated heterocycles. The second-order valence-electron chi connectivity index (χ2n) is 4.19. The summed E-state index contributed by atoms with van der Waals surface area (Å²) in [6.07, 6.45) is 4.28. The minimum absolute atomic E-state index is 0.103. The minimum Gasteiger partial charge on any atom is -0.477 e. The van der Waals surface area contributed by atoms with Crippen LogP contribution in [0.1, 0.15) is 30.3 Å². The Morgan fingerprint density at radius 1 is 1.56 bits per heavy atom. The van der Waals surface area contributed by atoms with E-state index in [4.69, 9.17) is 5.11 Å². The highest BCUT2D eigenvalue weighted by molar-refractivity contribution is 5.85. The minimum atomic E-state index is -0.975. The first-order valence-corrected chi connectivity index (χ1v) is 5.65. The molecule has 0 spiro atoms. The van der Waals surface area contributed by atoms with Gasteiger partial charge in [-0.15, -0.1) is 0 Å². The van der Waals surface area contributed by atoms with E-state index >= 15 is 0 Å². The van der Waals surface area contributed by atoms with E-state index < -0.39 is 5.97 Å². The molecule has 0 bridgehead atoms. The first kappa shape index (κ1) is 10.9. The maximum absolute atomic E-state index is 10.7. The zero-order valence-corrected chi connectivity index (χ0v) is 9.39. The van der Waals surface area contributed by atoms with Crippen molar-refractivity contribution in [3.8, 4) is 0 Å². The summed E-state index contributed by atoms with van der Waals surface area (Å²) in [5.74, 6) is -0.157. The molecule has 0 amide bonds. The van der Waals surface area contributed by atoms with Gasteiger partial charge in [-0.3, -0.25) is 0 Å². The van der Waals surface area contributed by atoms with E-state index in [-0.39, 0.29) is 5.69 Å². The van der Waals surface area contributed by atoms with Gasteiger partial charge in [-0.2, -0.15) is 0 Å². The average Bonchev–Trinajstić information content (AvgIpc) is 3.10. The van der Waals surface area contributed by atoms with Crippen molar-refractivity contribution < 1.29 is 9.90 Å². The van der Waals surface area contributed by atoms with Gasteiger partial charge >= 0.3 is 5.97 Å². The van der Waals surface area contributed by atoms with Crippen molar-refractivity contribution in [3.05, 3.63) is 24.0 Å². The molecule has 4 nitrogen and oxygen atoms in total. The number of hydrogen-bond acceptors (Lipinski definition) is 3. The van der Waals surface area contributed by atoms with Crippen molar-refractivity contribution in [3.63, 3.8) is 0 Å². The number of pyridine rings is 1. The van der Waals surface area contributed by atoms with Crippen molar-refractivity contribution in [2.24, 2.45) is 5.92 Å². The van der Waals surface area contributed by atoms with Crippen LogP contribution in [0.15, 0.2) is 18.3 Å². The van der Waals surface area contributed by atoms with Crippen LogP contribution in [-0.4, -0.2) is 29.1 Å². The molecule has 1 fully saturated rings. The van der Waals surface area contributed by atoms with Gasteiger partial charge in [-0.05, 0) is 37.8 Å². The lowest BCUT2D eigenvalue weighted by molar-refractivity contribution is 0.0690. The summed E-state index contributed by atoms with van der Waals surface area (Å²) in [5.41, 5.74) is 1.12. The van der Waals surface area contributed by atoms with E-state index in [1.807, 2.05) is 6.07 Å². The topological polar surface area (TPSA) is 53.4 Å². The molecule has 1 aliphatic rings. The lowest BCUT2D eigenvalue weighted by Crippen LogP contribution is -2.25. The lowest BCUT2D eigenvalue weighted by Gasteiger charge is -2.22. The van der Waals surface area contributed by atoms with Gasteiger partial charge < -0.3 is 10.0 Å². The van der Waals surface area contributed by atoms with Crippen LogP contribution in [0.3, 0.4) is 0 Å².